The quantitative estimate of drug-likeness (QED) is 0.640. The molecule has 0 aromatic carbocycles. The predicted octanol–water partition coefficient (Wildman–Crippen LogP) is 2.16. The number of hydrogen-bond acceptors (Lipinski definition) is 1. The topological polar surface area (TPSA) is 37.3 Å². The number of carboxylic acids is 1. The van der Waals surface area contributed by atoms with Crippen LogP contribution < -0.4 is 0 Å². The smallest absolute Gasteiger partial charge is 0.331 e. The fraction of sp³-hybridized carbons (Fsp3) is 0.625. The zero-order valence-electron chi connectivity index (χ0n) is 6.80. The first-order valence-corrected chi connectivity index (χ1v) is 3.63. The number of halogens is 1. The third-order valence-electron chi connectivity index (χ3n) is 1.33. The van der Waals surface area contributed by atoms with Crippen LogP contribution in [-0.4, -0.2) is 17.2 Å². The SMILES string of the molecule is CCCC(F)C=C(C)C(=O)O. The highest BCUT2D eigenvalue weighted by molar-refractivity contribution is 5.85. The van der Waals surface area contributed by atoms with Gasteiger partial charge in [0, 0.05) is 5.57 Å². The third kappa shape index (κ3) is 4.53. The van der Waals surface area contributed by atoms with Crippen molar-refractivity contribution >= 4 is 5.97 Å². The van der Waals surface area contributed by atoms with Crippen molar-refractivity contribution in [2.75, 3.05) is 0 Å². The number of alkyl halides is 1. The molecule has 0 aliphatic heterocycles. The number of carboxylic acid groups (broad SMARTS) is 1. The van der Waals surface area contributed by atoms with E-state index in [2.05, 4.69) is 0 Å². The maximum atomic E-state index is 12.7. The number of aliphatic carboxylic acids is 1. The lowest BCUT2D eigenvalue weighted by atomic mass is 10.1. The van der Waals surface area contributed by atoms with Crippen LogP contribution in [0.1, 0.15) is 26.7 Å². The van der Waals surface area contributed by atoms with Gasteiger partial charge in [0.2, 0.25) is 0 Å². The second-order valence-electron chi connectivity index (χ2n) is 2.46. The molecular weight excluding hydrogens is 147 g/mol. The largest absolute Gasteiger partial charge is 0.478 e. The molecular formula is C8H13FO2. The summed E-state index contributed by atoms with van der Waals surface area (Å²) in [7, 11) is 0. The second-order valence-corrected chi connectivity index (χ2v) is 2.46. The molecule has 0 saturated carbocycles. The maximum absolute atomic E-state index is 12.7. The Balaban J connectivity index is 3.96. The summed E-state index contributed by atoms with van der Waals surface area (Å²) in [6.45, 7) is 3.25. The highest BCUT2D eigenvalue weighted by Gasteiger charge is 2.05. The molecule has 1 unspecified atom stereocenters. The van der Waals surface area contributed by atoms with E-state index < -0.39 is 12.1 Å². The van der Waals surface area contributed by atoms with Crippen molar-refractivity contribution in [2.24, 2.45) is 0 Å². The summed E-state index contributed by atoms with van der Waals surface area (Å²) in [5.74, 6) is -1.05. The fourth-order valence-electron chi connectivity index (χ4n) is 0.702. The van der Waals surface area contributed by atoms with Crippen LogP contribution in [0.2, 0.25) is 0 Å². The summed E-state index contributed by atoms with van der Waals surface area (Å²) in [5.41, 5.74) is 0.0750. The summed E-state index contributed by atoms with van der Waals surface area (Å²) >= 11 is 0. The van der Waals surface area contributed by atoms with Gasteiger partial charge in [0.15, 0.2) is 0 Å². The van der Waals surface area contributed by atoms with Gasteiger partial charge in [0.05, 0.1) is 0 Å². The lowest BCUT2D eigenvalue weighted by molar-refractivity contribution is -0.132. The normalized spacial score (nSPS) is 14.6. The average molecular weight is 160 g/mol. The first-order chi connectivity index (χ1) is 5.07. The van der Waals surface area contributed by atoms with Crippen molar-refractivity contribution < 1.29 is 14.3 Å². The van der Waals surface area contributed by atoms with Gasteiger partial charge in [-0.15, -0.1) is 0 Å². The Morgan fingerprint density at radius 3 is 2.64 bits per heavy atom. The monoisotopic (exact) mass is 160 g/mol. The van der Waals surface area contributed by atoms with E-state index in [1.165, 1.54) is 6.92 Å². The number of carbonyl (C=O) groups is 1. The van der Waals surface area contributed by atoms with Crippen LogP contribution in [0.5, 0.6) is 0 Å². The van der Waals surface area contributed by atoms with Gasteiger partial charge in [-0.2, -0.15) is 0 Å². The summed E-state index contributed by atoms with van der Waals surface area (Å²) in [5, 5.41) is 8.36. The van der Waals surface area contributed by atoms with Gasteiger partial charge in [-0.1, -0.05) is 13.3 Å². The summed E-state index contributed by atoms with van der Waals surface area (Å²) < 4.78 is 12.7. The summed E-state index contributed by atoms with van der Waals surface area (Å²) in [6, 6.07) is 0. The lowest BCUT2D eigenvalue weighted by Crippen LogP contribution is -2.01. The van der Waals surface area contributed by atoms with Crippen molar-refractivity contribution in [1.82, 2.24) is 0 Å². The molecule has 0 amide bonds. The Labute approximate surface area is 65.7 Å². The van der Waals surface area contributed by atoms with Gasteiger partial charge in [0.1, 0.15) is 6.17 Å². The molecule has 2 nitrogen and oxygen atoms in total. The van der Waals surface area contributed by atoms with Crippen molar-refractivity contribution in [3.63, 3.8) is 0 Å². The first-order valence-electron chi connectivity index (χ1n) is 3.63. The second kappa shape index (κ2) is 4.88. The van der Waals surface area contributed by atoms with Gasteiger partial charge in [-0.25, -0.2) is 9.18 Å². The Bertz CT molecular complexity index is 163. The summed E-state index contributed by atoms with van der Waals surface area (Å²) in [4.78, 5) is 10.2. The van der Waals surface area contributed by atoms with Crippen LogP contribution in [0.4, 0.5) is 4.39 Å². The van der Waals surface area contributed by atoms with Gasteiger partial charge in [0.25, 0.3) is 0 Å². The van der Waals surface area contributed by atoms with Crippen LogP contribution in [-0.2, 0) is 4.79 Å². The molecule has 0 saturated heterocycles. The molecule has 11 heavy (non-hydrogen) atoms. The maximum Gasteiger partial charge on any atom is 0.331 e. The zero-order valence-corrected chi connectivity index (χ0v) is 6.80. The molecule has 0 radical (unpaired) electrons. The minimum atomic E-state index is -1.11. The molecule has 64 valence electrons. The average Bonchev–Trinajstić information content (AvgIpc) is 1.87. The Morgan fingerprint density at radius 2 is 2.27 bits per heavy atom. The van der Waals surface area contributed by atoms with E-state index in [1.807, 2.05) is 6.92 Å². The van der Waals surface area contributed by atoms with E-state index in [0.717, 1.165) is 12.5 Å². The fourth-order valence-corrected chi connectivity index (χ4v) is 0.702. The molecule has 0 aliphatic carbocycles. The Kier molecular flexibility index (Phi) is 4.50. The molecule has 1 N–H and O–H groups in total. The molecule has 0 aromatic heterocycles. The summed E-state index contributed by atoms with van der Waals surface area (Å²) in [6.07, 6.45) is 1.15. The Morgan fingerprint density at radius 1 is 1.73 bits per heavy atom. The van der Waals surface area contributed by atoms with Gasteiger partial charge in [-0.3, -0.25) is 0 Å². The van der Waals surface area contributed by atoms with Crippen LogP contribution in [0, 0.1) is 0 Å². The number of allylic oxidation sites excluding steroid dienone is 1. The molecule has 0 fully saturated rings. The van der Waals surface area contributed by atoms with Crippen molar-refractivity contribution in [2.45, 2.75) is 32.9 Å². The molecule has 0 aromatic rings. The van der Waals surface area contributed by atoms with Crippen LogP contribution >= 0.6 is 0 Å². The van der Waals surface area contributed by atoms with E-state index in [1.54, 1.807) is 0 Å². The number of rotatable bonds is 4. The molecule has 0 heterocycles. The van der Waals surface area contributed by atoms with Crippen molar-refractivity contribution in [3.05, 3.63) is 11.6 Å². The molecule has 0 rings (SSSR count). The molecule has 1 atom stereocenters. The first kappa shape index (κ1) is 10.1. The minimum Gasteiger partial charge on any atom is -0.478 e. The van der Waals surface area contributed by atoms with E-state index >= 15 is 0 Å². The van der Waals surface area contributed by atoms with E-state index in [4.69, 9.17) is 5.11 Å². The predicted molar refractivity (Wildman–Crippen MR) is 41.2 cm³/mol. The lowest BCUT2D eigenvalue weighted by Gasteiger charge is -1.99. The van der Waals surface area contributed by atoms with Gasteiger partial charge >= 0.3 is 5.97 Å². The molecule has 0 spiro atoms. The zero-order chi connectivity index (χ0) is 8.85. The molecule has 3 heteroatoms. The minimum absolute atomic E-state index is 0.0750. The van der Waals surface area contributed by atoms with Gasteiger partial charge in [-0.05, 0) is 19.4 Å². The highest BCUT2D eigenvalue weighted by Crippen LogP contribution is 2.06. The highest BCUT2D eigenvalue weighted by atomic mass is 19.1. The molecule has 0 bridgehead atoms. The van der Waals surface area contributed by atoms with E-state index in [0.29, 0.717) is 6.42 Å². The number of hydrogen-bond donors (Lipinski definition) is 1. The standard InChI is InChI=1S/C8H13FO2/c1-3-4-7(9)5-6(2)8(10)11/h5,7H,3-4H2,1-2H3,(H,10,11). The van der Waals surface area contributed by atoms with Gasteiger partial charge < -0.3 is 5.11 Å². The van der Waals surface area contributed by atoms with E-state index in [-0.39, 0.29) is 5.57 Å². The van der Waals surface area contributed by atoms with Crippen molar-refractivity contribution in [3.8, 4) is 0 Å². The van der Waals surface area contributed by atoms with E-state index in [9.17, 15) is 9.18 Å². The molecule has 0 aliphatic rings. The third-order valence-corrected chi connectivity index (χ3v) is 1.33. The van der Waals surface area contributed by atoms with Crippen LogP contribution in [0.15, 0.2) is 11.6 Å². The van der Waals surface area contributed by atoms with Crippen LogP contribution in [0.25, 0.3) is 0 Å². The Hall–Kier alpha value is -0.860. The van der Waals surface area contributed by atoms with Crippen molar-refractivity contribution in [1.29, 1.82) is 0 Å². The van der Waals surface area contributed by atoms with Crippen LogP contribution in [0.3, 0.4) is 0 Å².